The molecule has 0 amide bonds. The van der Waals surface area contributed by atoms with Crippen molar-refractivity contribution in [2.24, 2.45) is 0 Å². The number of aryl methyl sites for hydroxylation is 1. The number of hydrogen-bond donors (Lipinski definition) is 1. The second-order valence-electron chi connectivity index (χ2n) is 3.04. The van der Waals surface area contributed by atoms with Crippen LogP contribution in [0.15, 0.2) is 6.07 Å². The van der Waals surface area contributed by atoms with Crippen molar-refractivity contribution in [2.75, 3.05) is 0 Å². The van der Waals surface area contributed by atoms with Crippen molar-refractivity contribution in [1.82, 2.24) is 4.98 Å². The minimum atomic E-state index is -0.0366. The zero-order valence-electron chi connectivity index (χ0n) is 7.89. The summed E-state index contributed by atoms with van der Waals surface area (Å²) in [5.74, 6) is -0.0366. The van der Waals surface area contributed by atoms with Crippen molar-refractivity contribution < 1.29 is 9.59 Å². The molecule has 0 spiro atoms. The molecule has 3 heteroatoms. The van der Waals surface area contributed by atoms with E-state index in [-0.39, 0.29) is 5.78 Å². The van der Waals surface area contributed by atoms with E-state index in [1.54, 1.807) is 6.07 Å². The molecule has 0 saturated carbocycles. The molecule has 0 aliphatic heterocycles. The Bertz CT molecular complexity index is 326. The predicted molar refractivity (Wildman–Crippen MR) is 50.2 cm³/mol. The van der Waals surface area contributed by atoms with E-state index in [0.29, 0.717) is 11.3 Å². The first-order chi connectivity index (χ1) is 6.19. The van der Waals surface area contributed by atoms with E-state index >= 15 is 0 Å². The van der Waals surface area contributed by atoms with Crippen molar-refractivity contribution in [2.45, 2.75) is 26.7 Å². The maximum Gasteiger partial charge on any atom is 0.175 e. The number of aromatic amines is 1. The molecule has 13 heavy (non-hydrogen) atoms. The largest absolute Gasteiger partial charge is 0.355 e. The Hall–Kier alpha value is -1.38. The first kappa shape index (κ1) is 9.71. The van der Waals surface area contributed by atoms with Crippen LogP contribution in [0.1, 0.15) is 46.8 Å². The maximum absolute atomic E-state index is 11.0. The minimum absolute atomic E-state index is 0.0366. The van der Waals surface area contributed by atoms with Gasteiger partial charge in [0.1, 0.15) is 0 Å². The van der Waals surface area contributed by atoms with Crippen molar-refractivity contribution in [3.63, 3.8) is 0 Å². The van der Waals surface area contributed by atoms with Crippen molar-refractivity contribution in [3.05, 3.63) is 23.0 Å². The van der Waals surface area contributed by atoms with Crippen LogP contribution >= 0.6 is 0 Å². The molecule has 1 heterocycles. The van der Waals surface area contributed by atoms with Gasteiger partial charge < -0.3 is 4.98 Å². The fraction of sp³-hybridized carbons (Fsp3) is 0.400. The smallest absolute Gasteiger partial charge is 0.175 e. The molecule has 1 aromatic rings. The lowest BCUT2D eigenvalue weighted by atomic mass is 10.2. The average Bonchev–Trinajstić information content (AvgIpc) is 2.48. The fourth-order valence-corrected chi connectivity index (χ4v) is 1.27. The topological polar surface area (TPSA) is 49.9 Å². The van der Waals surface area contributed by atoms with Gasteiger partial charge in [-0.05, 0) is 12.5 Å². The highest BCUT2D eigenvalue weighted by atomic mass is 16.1. The van der Waals surface area contributed by atoms with E-state index in [9.17, 15) is 9.59 Å². The van der Waals surface area contributed by atoms with Crippen LogP contribution in [0.3, 0.4) is 0 Å². The number of carbonyl (C=O) groups excluding carboxylic acids is 2. The standard InChI is InChI=1S/C10H13NO2/c1-3-4-9-8(6-12)5-10(11-9)7(2)13/h5-6,11H,3-4H2,1-2H3. The molecule has 0 radical (unpaired) electrons. The number of rotatable bonds is 4. The predicted octanol–water partition coefficient (Wildman–Crippen LogP) is 1.98. The van der Waals surface area contributed by atoms with Crippen LogP contribution < -0.4 is 0 Å². The highest BCUT2D eigenvalue weighted by molar-refractivity contribution is 5.94. The van der Waals surface area contributed by atoms with Gasteiger partial charge in [0.15, 0.2) is 12.1 Å². The molecular weight excluding hydrogens is 166 g/mol. The SMILES string of the molecule is CCCc1[nH]c(C(C)=O)cc1C=O. The number of H-pyrrole nitrogens is 1. The molecule has 0 atom stereocenters. The van der Waals surface area contributed by atoms with Gasteiger partial charge in [-0.2, -0.15) is 0 Å². The van der Waals surface area contributed by atoms with Gasteiger partial charge in [0.25, 0.3) is 0 Å². The van der Waals surface area contributed by atoms with Crippen LogP contribution in [0.25, 0.3) is 0 Å². The number of aromatic nitrogens is 1. The third kappa shape index (κ3) is 2.05. The number of aldehydes is 1. The second kappa shape index (κ2) is 4.03. The number of Topliss-reactive ketones (excluding diaryl/α,β-unsaturated/α-hetero) is 1. The Kier molecular flexibility index (Phi) is 3.01. The van der Waals surface area contributed by atoms with Crippen LogP contribution in [0, 0.1) is 0 Å². The Morgan fingerprint density at radius 3 is 2.77 bits per heavy atom. The zero-order valence-corrected chi connectivity index (χ0v) is 7.89. The van der Waals surface area contributed by atoms with Crippen molar-refractivity contribution >= 4 is 12.1 Å². The van der Waals surface area contributed by atoms with E-state index in [1.165, 1.54) is 6.92 Å². The van der Waals surface area contributed by atoms with Crippen LogP contribution in [0.2, 0.25) is 0 Å². The Balaban J connectivity index is 3.03. The summed E-state index contributed by atoms with van der Waals surface area (Å²) >= 11 is 0. The Labute approximate surface area is 77.2 Å². The molecule has 0 bridgehead atoms. The molecule has 0 aliphatic rings. The highest BCUT2D eigenvalue weighted by Crippen LogP contribution is 2.11. The van der Waals surface area contributed by atoms with Crippen molar-refractivity contribution in [3.8, 4) is 0 Å². The molecule has 0 aliphatic carbocycles. The number of ketones is 1. The first-order valence-electron chi connectivity index (χ1n) is 4.37. The van der Waals surface area contributed by atoms with Gasteiger partial charge in [-0.1, -0.05) is 13.3 Å². The number of hydrogen-bond acceptors (Lipinski definition) is 2. The Morgan fingerprint density at radius 1 is 1.62 bits per heavy atom. The quantitative estimate of drug-likeness (QED) is 0.567. The van der Waals surface area contributed by atoms with E-state index in [0.717, 1.165) is 24.8 Å². The van der Waals surface area contributed by atoms with E-state index in [4.69, 9.17) is 0 Å². The number of carbonyl (C=O) groups is 2. The summed E-state index contributed by atoms with van der Waals surface area (Å²) < 4.78 is 0. The maximum atomic E-state index is 11.0. The zero-order chi connectivity index (χ0) is 9.84. The molecule has 1 aromatic heterocycles. The molecule has 0 aromatic carbocycles. The van der Waals surface area contributed by atoms with Gasteiger partial charge in [0.05, 0.1) is 5.69 Å². The normalized spacial score (nSPS) is 10.0. The fourth-order valence-electron chi connectivity index (χ4n) is 1.27. The highest BCUT2D eigenvalue weighted by Gasteiger charge is 2.08. The summed E-state index contributed by atoms with van der Waals surface area (Å²) in [5, 5.41) is 0. The van der Waals surface area contributed by atoms with E-state index in [1.807, 2.05) is 6.92 Å². The van der Waals surface area contributed by atoms with Crippen LogP contribution in [0.5, 0.6) is 0 Å². The molecule has 1 rings (SSSR count). The third-order valence-electron chi connectivity index (χ3n) is 1.94. The first-order valence-corrected chi connectivity index (χ1v) is 4.37. The van der Waals surface area contributed by atoms with E-state index in [2.05, 4.69) is 4.98 Å². The molecule has 70 valence electrons. The van der Waals surface area contributed by atoms with Crippen LogP contribution in [0.4, 0.5) is 0 Å². The van der Waals surface area contributed by atoms with Crippen LogP contribution in [-0.2, 0) is 6.42 Å². The molecular formula is C10H13NO2. The molecule has 3 nitrogen and oxygen atoms in total. The molecule has 0 unspecified atom stereocenters. The lowest BCUT2D eigenvalue weighted by Crippen LogP contribution is -1.92. The summed E-state index contributed by atoms with van der Waals surface area (Å²) in [4.78, 5) is 24.5. The van der Waals surface area contributed by atoms with Gasteiger partial charge >= 0.3 is 0 Å². The van der Waals surface area contributed by atoms with Crippen molar-refractivity contribution in [1.29, 1.82) is 0 Å². The summed E-state index contributed by atoms with van der Waals surface area (Å²) in [7, 11) is 0. The lowest BCUT2D eigenvalue weighted by Gasteiger charge is -1.93. The molecule has 0 saturated heterocycles. The monoisotopic (exact) mass is 179 g/mol. The Morgan fingerprint density at radius 2 is 2.31 bits per heavy atom. The lowest BCUT2D eigenvalue weighted by molar-refractivity contribution is 0.101. The molecule has 1 N–H and O–H groups in total. The molecule has 0 fully saturated rings. The summed E-state index contributed by atoms with van der Waals surface area (Å²) in [5.41, 5.74) is 1.99. The average molecular weight is 179 g/mol. The van der Waals surface area contributed by atoms with Gasteiger partial charge in [-0.3, -0.25) is 9.59 Å². The number of nitrogens with one attached hydrogen (secondary N) is 1. The van der Waals surface area contributed by atoms with Crippen LogP contribution in [-0.4, -0.2) is 17.1 Å². The summed E-state index contributed by atoms with van der Waals surface area (Å²) in [6.45, 7) is 3.51. The van der Waals surface area contributed by atoms with Gasteiger partial charge in [-0.25, -0.2) is 0 Å². The summed E-state index contributed by atoms with van der Waals surface area (Å²) in [6, 6.07) is 1.61. The van der Waals surface area contributed by atoms with Gasteiger partial charge in [0.2, 0.25) is 0 Å². The van der Waals surface area contributed by atoms with Gasteiger partial charge in [-0.15, -0.1) is 0 Å². The minimum Gasteiger partial charge on any atom is -0.355 e. The van der Waals surface area contributed by atoms with Gasteiger partial charge in [0, 0.05) is 18.2 Å². The second-order valence-corrected chi connectivity index (χ2v) is 3.04. The summed E-state index contributed by atoms with van der Waals surface area (Å²) in [6.07, 6.45) is 2.55. The third-order valence-corrected chi connectivity index (χ3v) is 1.94. The van der Waals surface area contributed by atoms with E-state index < -0.39 is 0 Å².